The van der Waals surface area contributed by atoms with Crippen molar-refractivity contribution in [3.8, 4) is 0 Å². The molecule has 1 rings (SSSR count). The van der Waals surface area contributed by atoms with Crippen molar-refractivity contribution in [3.63, 3.8) is 0 Å². The maximum Gasteiger partial charge on any atom is 0.211 e. The van der Waals surface area contributed by atoms with Gasteiger partial charge in [0, 0.05) is 17.9 Å². The summed E-state index contributed by atoms with van der Waals surface area (Å²) in [4.78, 5) is 0.598. The Morgan fingerprint density at radius 2 is 2.12 bits per heavy atom. The summed E-state index contributed by atoms with van der Waals surface area (Å²) in [7, 11) is -2.99. The summed E-state index contributed by atoms with van der Waals surface area (Å²) in [6.07, 6.45) is 8.23. The molecule has 102 valence electrons. The van der Waals surface area contributed by atoms with Gasteiger partial charge in [-0.3, -0.25) is 0 Å². The minimum atomic E-state index is -2.99. The Bertz CT molecular complexity index is 318. The van der Waals surface area contributed by atoms with E-state index in [0.717, 1.165) is 25.8 Å². The summed E-state index contributed by atoms with van der Waals surface area (Å²) in [5.74, 6) is 0.551. The lowest BCUT2D eigenvalue weighted by Crippen LogP contribution is -2.39. The molecule has 3 nitrogen and oxygen atoms in total. The lowest BCUT2D eigenvalue weighted by molar-refractivity contribution is 0.253. The fourth-order valence-electron chi connectivity index (χ4n) is 2.44. The van der Waals surface area contributed by atoms with Gasteiger partial charge in [0.2, 0.25) is 10.0 Å². The molecular formula is C12H24BrNO2S. The van der Waals surface area contributed by atoms with Gasteiger partial charge in [0.1, 0.15) is 0 Å². The third-order valence-corrected chi connectivity index (χ3v) is 5.63. The maximum absolute atomic E-state index is 11.5. The van der Waals surface area contributed by atoms with Crippen molar-refractivity contribution in [2.45, 2.75) is 50.3 Å². The lowest BCUT2D eigenvalue weighted by Gasteiger charge is -2.31. The second-order valence-electron chi connectivity index (χ2n) is 5.09. The van der Waals surface area contributed by atoms with Gasteiger partial charge in [-0.25, -0.2) is 12.7 Å². The molecule has 0 aliphatic carbocycles. The van der Waals surface area contributed by atoms with Crippen LogP contribution in [-0.4, -0.2) is 36.9 Å². The zero-order valence-electron chi connectivity index (χ0n) is 10.9. The number of halogens is 1. The van der Waals surface area contributed by atoms with Crippen LogP contribution in [0.1, 0.15) is 45.4 Å². The smallest absolute Gasteiger partial charge is 0.211 e. The van der Waals surface area contributed by atoms with E-state index >= 15 is 0 Å². The largest absolute Gasteiger partial charge is 0.213 e. The van der Waals surface area contributed by atoms with Crippen LogP contribution in [-0.2, 0) is 10.0 Å². The average Bonchev–Trinajstić information content (AvgIpc) is 2.26. The van der Waals surface area contributed by atoms with Gasteiger partial charge in [-0.1, -0.05) is 29.3 Å². The molecule has 0 spiro atoms. The van der Waals surface area contributed by atoms with Crippen LogP contribution in [0.25, 0.3) is 0 Å². The van der Waals surface area contributed by atoms with E-state index in [1.165, 1.54) is 25.5 Å². The third-order valence-electron chi connectivity index (χ3n) is 3.44. The van der Waals surface area contributed by atoms with Gasteiger partial charge < -0.3 is 0 Å². The van der Waals surface area contributed by atoms with Gasteiger partial charge >= 0.3 is 0 Å². The van der Waals surface area contributed by atoms with E-state index in [2.05, 4.69) is 22.9 Å². The quantitative estimate of drug-likeness (QED) is 0.704. The van der Waals surface area contributed by atoms with Gasteiger partial charge in [-0.2, -0.15) is 0 Å². The van der Waals surface area contributed by atoms with E-state index in [4.69, 9.17) is 0 Å². The highest BCUT2D eigenvalue weighted by atomic mass is 79.9. The number of alkyl halides is 1. The molecule has 1 saturated heterocycles. The molecule has 0 bridgehead atoms. The van der Waals surface area contributed by atoms with Crippen molar-refractivity contribution in [1.82, 2.24) is 4.31 Å². The van der Waals surface area contributed by atoms with Crippen LogP contribution in [0.2, 0.25) is 0 Å². The second-order valence-corrected chi connectivity index (χ2v) is 8.37. The molecule has 0 aromatic rings. The fourth-order valence-corrected chi connectivity index (χ4v) is 4.10. The SMILES string of the molecule is CCCC(Br)CCC1CCCN(S(C)(=O)=O)C1. The van der Waals surface area contributed by atoms with Gasteiger partial charge in [0.25, 0.3) is 0 Å². The van der Waals surface area contributed by atoms with E-state index in [-0.39, 0.29) is 0 Å². The molecule has 17 heavy (non-hydrogen) atoms. The average molecular weight is 326 g/mol. The predicted molar refractivity (Wildman–Crippen MR) is 76.0 cm³/mol. The molecule has 0 N–H and O–H groups in total. The van der Waals surface area contributed by atoms with Crippen LogP contribution in [0.5, 0.6) is 0 Å². The molecule has 0 radical (unpaired) electrons. The summed E-state index contributed by atoms with van der Waals surface area (Å²) in [5, 5.41) is 0. The predicted octanol–water partition coefficient (Wildman–Crippen LogP) is 3.00. The molecule has 0 aromatic carbocycles. The number of rotatable bonds is 6. The molecular weight excluding hydrogens is 302 g/mol. The van der Waals surface area contributed by atoms with Crippen LogP contribution in [0.4, 0.5) is 0 Å². The van der Waals surface area contributed by atoms with E-state index in [1.54, 1.807) is 4.31 Å². The standard InChI is InChI=1S/C12H24BrNO2S/c1-3-5-12(13)8-7-11-6-4-9-14(10-11)17(2,15)16/h11-12H,3-10H2,1-2H3. The first kappa shape index (κ1) is 15.4. The molecule has 1 heterocycles. The Labute approximate surface area is 114 Å². The minimum Gasteiger partial charge on any atom is -0.213 e. The minimum absolute atomic E-state index is 0.551. The first-order valence-electron chi connectivity index (χ1n) is 6.52. The first-order chi connectivity index (χ1) is 7.93. The molecule has 1 fully saturated rings. The number of nitrogens with zero attached hydrogens (tertiary/aromatic N) is 1. The van der Waals surface area contributed by atoms with Crippen molar-refractivity contribution in [2.24, 2.45) is 5.92 Å². The molecule has 1 aliphatic rings. The van der Waals surface area contributed by atoms with Gasteiger partial charge in [0.05, 0.1) is 6.26 Å². The summed E-state index contributed by atoms with van der Waals surface area (Å²) >= 11 is 3.69. The topological polar surface area (TPSA) is 37.4 Å². The van der Waals surface area contributed by atoms with Crippen LogP contribution in [0, 0.1) is 5.92 Å². The maximum atomic E-state index is 11.5. The van der Waals surface area contributed by atoms with Crippen molar-refractivity contribution < 1.29 is 8.42 Å². The van der Waals surface area contributed by atoms with Crippen molar-refractivity contribution >= 4 is 26.0 Å². The van der Waals surface area contributed by atoms with E-state index in [0.29, 0.717) is 17.3 Å². The van der Waals surface area contributed by atoms with Crippen molar-refractivity contribution in [2.75, 3.05) is 19.3 Å². The summed E-state index contributed by atoms with van der Waals surface area (Å²) in [6.45, 7) is 3.63. The van der Waals surface area contributed by atoms with E-state index in [1.807, 2.05) is 0 Å². The highest BCUT2D eigenvalue weighted by Gasteiger charge is 2.25. The number of sulfonamides is 1. The monoisotopic (exact) mass is 325 g/mol. The summed E-state index contributed by atoms with van der Waals surface area (Å²) in [5.41, 5.74) is 0. The Morgan fingerprint density at radius 1 is 1.41 bits per heavy atom. The highest BCUT2D eigenvalue weighted by Crippen LogP contribution is 2.25. The van der Waals surface area contributed by atoms with Crippen LogP contribution < -0.4 is 0 Å². The van der Waals surface area contributed by atoms with Crippen LogP contribution >= 0.6 is 15.9 Å². The molecule has 5 heteroatoms. The molecule has 0 aromatic heterocycles. The molecule has 2 atom stereocenters. The normalized spacial score (nSPS) is 24.8. The Hall–Kier alpha value is 0.390. The Kier molecular flexibility index (Phi) is 6.45. The Balaban J connectivity index is 2.35. The fraction of sp³-hybridized carbons (Fsp3) is 1.00. The zero-order valence-corrected chi connectivity index (χ0v) is 13.3. The Morgan fingerprint density at radius 3 is 2.71 bits per heavy atom. The highest BCUT2D eigenvalue weighted by molar-refractivity contribution is 9.09. The summed E-state index contributed by atoms with van der Waals surface area (Å²) < 4.78 is 24.6. The van der Waals surface area contributed by atoms with Crippen LogP contribution in [0.3, 0.4) is 0 Å². The van der Waals surface area contributed by atoms with Crippen molar-refractivity contribution in [1.29, 1.82) is 0 Å². The van der Waals surface area contributed by atoms with E-state index < -0.39 is 10.0 Å². The van der Waals surface area contributed by atoms with E-state index in [9.17, 15) is 8.42 Å². The van der Waals surface area contributed by atoms with Gasteiger partial charge in [-0.05, 0) is 38.0 Å². The molecule has 0 saturated carbocycles. The number of hydrogen-bond donors (Lipinski definition) is 0. The first-order valence-corrected chi connectivity index (χ1v) is 9.29. The second kappa shape index (κ2) is 7.10. The molecule has 2 unspecified atom stereocenters. The number of hydrogen-bond acceptors (Lipinski definition) is 2. The number of piperidine rings is 1. The van der Waals surface area contributed by atoms with Gasteiger partial charge in [-0.15, -0.1) is 0 Å². The molecule has 0 amide bonds. The summed E-state index contributed by atoms with van der Waals surface area (Å²) in [6, 6.07) is 0. The lowest BCUT2D eigenvalue weighted by atomic mass is 9.93. The van der Waals surface area contributed by atoms with Crippen molar-refractivity contribution in [3.05, 3.63) is 0 Å². The van der Waals surface area contributed by atoms with Gasteiger partial charge in [0.15, 0.2) is 0 Å². The molecule has 1 aliphatic heterocycles. The zero-order chi connectivity index (χ0) is 12.9. The third kappa shape index (κ3) is 5.71. The van der Waals surface area contributed by atoms with Crippen LogP contribution in [0.15, 0.2) is 0 Å².